The van der Waals surface area contributed by atoms with E-state index in [2.05, 4.69) is 36.5 Å². The van der Waals surface area contributed by atoms with Crippen molar-refractivity contribution < 1.29 is 13.9 Å². The van der Waals surface area contributed by atoms with Gasteiger partial charge in [0, 0.05) is 23.5 Å². The number of anilines is 1. The molecule has 27 heavy (non-hydrogen) atoms. The van der Waals surface area contributed by atoms with E-state index in [1.165, 1.54) is 19.4 Å². The Morgan fingerprint density at radius 3 is 2.85 bits per heavy atom. The van der Waals surface area contributed by atoms with Crippen LogP contribution < -0.4 is 26.8 Å². The molecule has 10 heteroatoms. The van der Waals surface area contributed by atoms with Gasteiger partial charge in [0.25, 0.3) is 5.91 Å². The summed E-state index contributed by atoms with van der Waals surface area (Å²) in [5.41, 5.74) is 10.9. The average Bonchev–Trinajstić information content (AvgIpc) is 2.65. The third-order valence-electron chi connectivity index (χ3n) is 3.88. The number of rotatable bonds is 4. The summed E-state index contributed by atoms with van der Waals surface area (Å²) in [6.45, 7) is 0. The number of aliphatic imine (C=N–C) groups is 1. The van der Waals surface area contributed by atoms with E-state index in [9.17, 15) is 9.18 Å². The van der Waals surface area contributed by atoms with Crippen molar-refractivity contribution in [3.05, 3.63) is 64.3 Å². The Bertz CT molecular complexity index is 964. The number of nitrogens with zero attached hydrogens (tertiary/aromatic N) is 2. The Balaban J connectivity index is 1.98. The normalized spacial score (nSPS) is 18.8. The molecule has 3 rings (SSSR count). The van der Waals surface area contributed by atoms with Crippen LogP contribution in [0.3, 0.4) is 0 Å². The van der Waals surface area contributed by atoms with Crippen molar-refractivity contribution in [2.75, 3.05) is 12.4 Å². The minimum atomic E-state index is -1.80. The second kappa shape index (κ2) is 7.33. The fourth-order valence-electron chi connectivity index (χ4n) is 2.51. The second-order valence-electron chi connectivity index (χ2n) is 5.64. The summed E-state index contributed by atoms with van der Waals surface area (Å²) in [5, 5.41) is 5.18. The summed E-state index contributed by atoms with van der Waals surface area (Å²) in [5.74, 6) is -0.776. The highest BCUT2D eigenvalue weighted by atomic mass is 79.9. The smallest absolute Gasteiger partial charge is 0.255 e. The number of nitrogens with two attached hydrogens (primary N) is 2. The van der Waals surface area contributed by atoms with E-state index in [1.807, 2.05) is 0 Å². The van der Waals surface area contributed by atoms with E-state index < -0.39 is 17.4 Å². The Kier molecular flexibility index (Phi) is 5.10. The highest BCUT2D eigenvalue weighted by Crippen LogP contribution is 2.35. The fourth-order valence-corrected chi connectivity index (χ4v) is 2.87. The Hall–Kier alpha value is -2.98. The third-order valence-corrected chi connectivity index (χ3v) is 4.32. The van der Waals surface area contributed by atoms with Gasteiger partial charge in [-0.15, -0.1) is 0 Å². The highest BCUT2D eigenvalue weighted by Gasteiger charge is 2.36. The summed E-state index contributed by atoms with van der Waals surface area (Å²) in [7, 11) is 1.45. The molecule has 2 aromatic rings. The van der Waals surface area contributed by atoms with Gasteiger partial charge in [0.1, 0.15) is 10.4 Å². The van der Waals surface area contributed by atoms with Crippen molar-refractivity contribution in [1.82, 2.24) is 10.3 Å². The number of benzene rings is 1. The molecule has 0 saturated heterocycles. The van der Waals surface area contributed by atoms with Gasteiger partial charge in [-0.1, -0.05) is 6.07 Å². The minimum Gasteiger partial charge on any atom is -0.495 e. The van der Waals surface area contributed by atoms with Gasteiger partial charge in [-0.05, 0) is 40.2 Å². The summed E-state index contributed by atoms with van der Waals surface area (Å²) >= 11 is 3.21. The Morgan fingerprint density at radius 2 is 2.15 bits per heavy atom. The molecule has 0 spiro atoms. The van der Waals surface area contributed by atoms with Gasteiger partial charge in [0.15, 0.2) is 17.4 Å². The Morgan fingerprint density at radius 1 is 1.37 bits per heavy atom. The van der Waals surface area contributed by atoms with Gasteiger partial charge in [-0.3, -0.25) is 10.5 Å². The van der Waals surface area contributed by atoms with Crippen molar-refractivity contribution in [3.63, 3.8) is 0 Å². The molecule has 1 atom stereocenters. The second-order valence-corrected chi connectivity index (χ2v) is 6.45. The van der Waals surface area contributed by atoms with Crippen LogP contribution in [0.1, 0.15) is 15.9 Å². The first-order valence-electron chi connectivity index (χ1n) is 7.72. The van der Waals surface area contributed by atoms with Gasteiger partial charge in [-0.25, -0.2) is 14.4 Å². The number of ether oxygens (including phenoxy) is 1. The number of hydrogen-bond acceptors (Lipinski definition) is 7. The average molecular weight is 435 g/mol. The molecule has 0 bridgehead atoms. The first-order valence-corrected chi connectivity index (χ1v) is 8.51. The first-order chi connectivity index (χ1) is 12.8. The number of methoxy groups -OCH3 is 1. The molecular weight excluding hydrogens is 419 g/mol. The number of guanidine groups is 1. The lowest BCUT2D eigenvalue weighted by Gasteiger charge is -2.28. The maximum Gasteiger partial charge on any atom is 0.255 e. The minimum absolute atomic E-state index is 0.0260. The van der Waals surface area contributed by atoms with E-state index in [-0.39, 0.29) is 11.5 Å². The number of aromatic nitrogens is 1. The largest absolute Gasteiger partial charge is 0.495 e. The van der Waals surface area contributed by atoms with Gasteiger partial charge in [-0.2, -0.15) is 0 Å². The van der Waals surface area contributed by atoms with E-state index in [1.54, 1.807) is 24.3 Å². The van der Waals surface area contributed by atoms with Crippen molar-refractivity contribution in [1.29, 1.82) is 0 Å². The van der Waals surface area contributed by atoms with Crippen LogP contribution in [0.4, 0.5) is 10.1 Å². The highest BCUT2D eigenvalue weighted by molar-refractivity contribution is 9.10. The number of carbonyl (C=O) groups excluding carboxylic acids is 1. The van der Waals surface area contributed by atoms with Crippen LogP contribution in [0.5, 0.6) is 5.75 Å². The molecular formula is C17H16BrFN6O2. The van der Waals surface area contributed by atoms with Crippen LogP contribution in [-0.4, -0.2) is 24.0 Å². The molecule has 1 aromatic carbocycles. The monoisotopic (exact) mass is 434 g/mol. The van der Waals surface area contributed by atoms with Crippen molar-refractivity contribution in [2.24, 2.45) is 16.5 Å². The zero-order valence-electron chi connectivity index (χ0n) is 14.2. The molecule has 1 unspecified atom stereocenters. The van der Waals surface area contributed by atoms with Crippen LogP contribution in [-0.2, 0) is 5.66 Å². The summed E-state index contributed by atoms with van der Waals surface area (Å²) in [6, 6.07) is 7.72. The van der Waals surface area contributed by atoms with E-state index in [0.29, 0.717) is 21.6 Å². The zero-order chi connectivity index (χ0) is 19.6. The maximum atomic E-state index is 14.4. The molecule has 0 aliphatic carbocycles. The van der Waals surface area contributed by atoms with Crippen molar-refractivity contribution in [3.8, 4) is 5.75 Å². The molecule has 140 valence electrons. The maximum absolute atomic E-state index is 14.4. The number of pyridine rings is 1. The molecule has 1 aliphatic rings. The lowest BCUT2D eigenvalue weighted by Crippen LogP contribution is -2.44. The van der Waals surface area contributed by atoms with E-state index in [0.717, 1.165) is 6.20 Å². The van der Waals surface area contributed by atoms with E-state index >= 15 is 0 Å². The van der Waals surface area contributed by atoms with Gasteiger partial charge in [0.2, 0.25) is 0 Å². The number of halogens is 2. The van der Waals surface area contributed by atoms with E-state index in [4.69, 9.17) is 16.2 Å². The number of hydrogen-bond donors (Lipinski definition) is 4. The predicted octanol–water partition coefficient (Wildman–Crippen LogP) is 1.95. The van der Waals surface area contributed by atoms with Crippen molar-refractivity contribution in [2.45, 2.75) is 5.66 Å². The molecule has 1 aliphatic heterocycles. The lowest BCUT2D eigenvalue weighted by atomic mass is 9.98. The summed E-state index contributed by atoms with van der Waals surface area (Å²) in [6.07, 6.45) is 2.54. The molecule has 2 heterocycles. The summed E-state index contributed by atoms with van der Waals surface area (Å²) < 4.78 is 20.1. The van der Waals surface area contributed by atoms with Gasteiger partial charge < -0.3 is 21.1 Å². The Labute approximate surface area is 162 Å². The molecule has 0 fully saturated rings. The molecule has 0 saturated carbocycles. The van der Waals surface area contributed by atoms with Gasteiger partial charge in [0.05, 0.1) is 12.8 Å². The molecule has 1 amide bonds. The number of carbonyl (C=O) groups is 1. The topological polar surface area (TPSA) is 128 Å². The van der Waals surface area contributed by atoms with Crippen LogP contribution in [0.25, 0.3) is 0 Å². The number of nitrogens with one attached hydrogen (secondary N) is 2. The van der Waals surface area contributed by atoms with Crippen LogP contribution in [0.15, 0.2) is 58.2 Å². The predicted molar refractivity (Wildman–Crippen MR) is 103 cm³/mol. The van der Waals surface area contributed by atoms with Crippen LogP contribution in [0, 0.1) is 0 Å². The quantitative estimate of drug-likeness (QED) is 0.544. The molecule has 8 nitrogen and oxygen atoms in total. The standard InChI is InChI=1S/C17H16BrFN6O2/c1-27-12-3-2-10(17(21)13(19)8-23-16(20)25-17)7-11(12)24-15(26)9-4-5-22-14(18)6-9/h2-8H,21H2,1H3,(H,24,26)(H3,20,23,25). The fraction of sp³-hybridized carbons (Fsp3) is 0.118. The van der Waals surface area contributed by atoms with Crippen LogP contribution in [0.2, 0.25) is 0 Å². The first kappa shape index (κ1) is 18.8. The van der Waals surface area contributed by atoms with Gasteiger partial charge >= 0.3 is 0 Å². The van der Waals surface area contributed by atoms with Crippen LogP contribution >= 0.6 is 15.9 Å². The SMILES string of the molecule is COc1ccc(C2(N)N=C(N)NC=C2F)cc1NC(=O)c1ccnc(Br)c1. The number of amides is 1. The molecule has 0 radical (unpaired) electrons. The van der Waals surface area contributed by atoms with Crippen molar-refractivity contribution >= 4 is 33.5 Å². The zero-order valence-corrected chi connectivity index (χ0v) is 15.7. The lowest BCUT2D eigenvalue weighted by molar-refractivity contribution is 0.102. The summed E-state index contributed by atoms with van der Waals surface area (Å²) in [4.78, 5) is 20.5. The molecule has 1 aromatic heterocycles. The third kappa shape index (κ3) is 3.76. The molecule has 6 N–H and O–H groups in total.